The molecule has 5 heteroatoms. The van der Waals surface area contributed by atoms with Crippen molar-refractivity contribution < 1.29 is 18.5 Å². The van der Waals surface area contributed by atoms with Gasteiger partial charge >= 0.3 is 7.60 Å². The Hall–Kier alpha value is -0.150. The van der Waals surface area contributed by atoms with Crippen molar-refractivity contribution >= 4 is 7.60 Å². The molecule has 0 spiro atoms. The largest absolute Gasteiger partial charge is 0.385 e. The lowest BCUT2D eigenvalue weighted by atomic mass is 10.1. The fourth-order valence-electron chi connectivity index (χ4n) is 3.88. The van der Waals surface area contributed by atoms with Crippen LogP contribution in [0.5, 0.6) is 0 Å². The van der Waals surface area contributed by atoms with Crippen molar-refractivity contribution in [3.8, 4) is 0 Å². The molecule has 0 radical (unpaired) electrons. The number of allylic oxidation sites excluding steroid dienone is 2. The van der Waals surface area contributed by atoms with E-state index >= 15 is 0 Å². The number of hydrogen-bond acceptors (Lipinski definition) is 2. The third-order valence-electron chi connectivity index (χ3n) is 5.75. The number of unbranched alkanes of at least 4 members (excludes halogenated alkanes) is 12. The van der Waals surface area contributed by atoms with Crippen molar-refractivity contribution in [2.24, 2.45) is 0 Å². The smallest absolute Gasteiger partial charge is 0.320 e. The molecule has 0 aliphatic heterocycles. The van der Waals surface area contributed by atoms with Gasteiger partial charge in [0.15, 0.2) is 5.78 Å². The van der Waals surface area contributed by atoms with Crippen LogP contribution in [-0.2, 0) is 9.09 Å². The summed E-state index contributed by atoms with van der Waals surface area (Å²) in [5.74, 6) is -0.344. The van der Waals surface area contributed by atoms with Gasteiger partial charge in [-0.25, -0.2) is 0 Å². The zero-order valence-electron chi connectivity index (χ0n) is 20.9. The van der Waals surface area contributed by atoms with Crippen LogP contribution in [0, 0.1) is 0 Å². The van der Waals surface area contributed by atoms with Crippen LogP contribution in [0.25, 0.3) is 0 Å². The fourth-order valence-corrected chi connectivity index (χ4v) is 5.90. The van der Waals surface area contributed by atoms with Crippen molar-refractivity contribution in [2.45, 2.75) is 122 Å². The average Bonchev–Trinajstić information content (AvgIpc) is 2.67. The lowest BCUT2D eigenvalue weighted by Gasteiger charge is -2.35. The molecule has 1 N–H and O–H groups in total. The maximum atomic E-state index is 12.6. The van der Waals surface area contributed by atoms with E-state index in [4.69, 9.17) is 4.52 Å². The standard InChI is InChI=1S/C25H52NO3P/c1-6-8-9-10-11-12-13-14-15-16-17-18-19-20-21-22-24-29-30(27,28)25(23-7-2)26(3,4)5/h18-19,25H,6-17,20-24H2,1-5H3/p+1. The first-order valence-corrected chi connectivity index (χ1v) is 14.3. The van der Waals surface area contributed by atoms with Crippen LogP contribution in [0.2, 0.25) is 0 Å². The number of quaternary nitrogens is 1. The minimum absolute atomic E-state index is 0.344. The molecule has 0 aromatic carbocycles. The molecule has 0 fully saturated rings. The van der Waals surface area contributed by atoms with Crippen LogP contribution in [0.1, 0.15) is 117 Å². The number of rotatable bonds is 21. The maximum absolute atomic E-state index is 12.6. The van der Waals surface area contributed by atoms with E-state index in [2.05, 4.69) is 19.1 Å². The van der Waals surface area contributed by atoms with Gasteiger partial charge in [0.05, 0.1) is 27.7 Å². The molecule has 4 nitrogen and oxygen atoms in total. The van der Waals surface area contributed by atoms with Crippen molar-refractivity contribution in [2.75, 3.05) is 27.7 Å². The summed E-state index contributed by atoms with van der Waals surface area (Å²) >= 11 is 0. The van der Waals surface area contributed by atoms with Crippen LogP contribution in [0.4, 0.5) is 0 Å². The summed E-state index contributed by atoms with van der Waals surface area (Å²) in [7, 11) is 2.32. The zero-order valence-corrected chi connectivity index (χ0v) is 21.8. The van der Waals surface area contributed by atoms with Gasteiger partial charge in [0, 0.05) is 6.42 Å². The van der Waals surface area contributed by atoms with Gasteiger partial charge in [-0.05, 0) is 38.5 Å². The average molecular weight is 447 g/mol. The van der Waals surface area contributed by atoms with Crippen LogP contribution in [0.3, 0.4) is 0 Å². The predicted molar refractivity (Wildman–Crippen MR) is 132 cm³/mol. The highest BCUT2D eigenvalue weighted by Gasteiger charge is 2.41. The lowest BCUT2D eigenvalue weighted by Crippen LogP contribution is -2.45. The summed E-state index contributed by atoms with van der Waals surface area (Å²) in [6.07, 6.45) is 24.1. The molecule has 0 saturated carbocycles. The molecule has 0 aliphatic rings. The summed E-state index contributed by atoms with van der Waals surface area (Å²) < 4.78 is 18.5. The van der Waals surface area contributed by atoms with Gasteiger partial charge in [-0.2, -0.15) is 0 Å². The minimum Gasteiger partial charge on any atom is -0.320 e. The van der Waals surface area contributed by atoms with Gasteiger partial charge in [0.25, 0.3) is 0 Å². The molecule has 0 saturated heterocycles. The molecule has 0 aliphatic carbocycles. The van der Waals surface area contributed by atoms with Crippen LogP contribution >= 0.6 is 7.60 Å². The molecule has 0 aromatic heterocycles. The second kappa shape index (κ2) is 18.4. The number of hydrogen-bond donors (Lipinski definition) is 1. The summed E-state index contributed by atoms with van der Waals surface area (Å²) in [5.41, 5.74) is 0. The maximum Gasteiger partial charge on any atom is 0.385 e. The molecule has 0 bridgehead atoms. The highest BCUT2D eigenvalue weighted by molar-refractivity contribution is 7.53. The van der Waals surface area contributed by atoms with Gasteiger partial charge < -0.3 is 13.9 Å². The Morgan fingerprint density at radius 2 is 1.23 bits per heavy atom. The van der Waals surface area contributed by atoms with Crippen molar-refractivity contribution in [3.63, 3.8) is 0 Å². The van der Waals surface area contributed by atoms with E-state index in [1.54, 1.807) is 0 Å². The van der Waals surface area contributed by atoms with Crippen LogP contribution in [0.15, 0.2) is 12.2 Å². The first-order chi connectivity index (χ1) is 14.3. The lowest BCUT2D eigenvalue weighted by molar-refractivity contribution is -0.883. The third-order valence-corrected chi connectivity index (χ3v) is 8.01. The molecule has 2 unspecified atom stereocenters. The predicted octanol–water partition coefficient (Wildman–Crippen LogP) is 8.06. The molecule has 2 atom stereocenters. The van der Waals surface area contributed by atoms with Gasteiger partial charge in [0.1, 0.15) is 0 Å². The van der Waals surface area contributed by atoms with E-state index in [1.165, 1.54) is 70.6 Å². The van der Waals surface area contributed by atoms with Crippen LogP contribution < -0.4 is 0 Å². The van der Waals surface area contributed by atoms with E-state index in [-0.39, 0.29) is 5.78 Å². The first-order valence-electron chi connectivity index (χ1n) is 12.7. The van der Waals surface area contributed by atoms with Gasteiger partial charge in [0.2, 0.25) is 0 Å². The second-order valence-electron chi connectivity index (χ2n) is 9.72. The SMILES string of the molecule is CCCCCCCCCCCCC=CCCCCOP(=O)(O)C(CCC)[N+](C)(C)C. The molecule has 0 rings (SSSR count). The van der Waals surface area contributed by atoms with Gasteiger partial charge in [-0.1, -0.05) is 83.8 Å². The van der Waals surface area contributed by atoms with E-state index in [0.29, 0.717) is 17.5 Å². The topological polar surface area (TPSA) is 46.5 Å². The van der Waals surface area contributed by atoms with E-state index < -0.39 is 7.60 Å². The molecular formula is C25H53NO3P+. The zero-order chi connectivity index (χ0) is 22.7. The summed E-state index contributed by atoms with van der Waals surface area (Å²) in [6, 6.07) is 0. The Morgan fingerprint density at radius 3 is 1.70 bits per heavy atom. The molecule has 30 heavy (non-hydrogen) atoms. The van der Waals surface area contributed by atoms with E-state index in [9.17, 15) is 9.46 Å². The normalized spacial score (nSPS) is 15.5. The van der Waals surface area contributed by atoms with Gasteiger partial charge in [-0.15, -0.1) is 0 Å². The second-order valence-corrected chi connectivity index (χ2v) is 11.7. The van der Waals surface area contributed by atoms with E-state index in [0.717, 1.165) is 25.7 Å². The summed E-state index contributed by atoms with van der Waals surface area (Å²) in [5, 5.41) is 0. The van der Waals surface area contributed by atoms with Crippen LogP contribution in [-0.4, -0.2) is 42.9 Å². The first kappa shape index (κ1) is 29.9. The Labute approximate surface area is 188 Å². The quantitative estimate of drug-likeness (QED) is 0.0839. The van der Waals surface area contributed by atoms with Gasteiger partial charge in [-0.3, -0.25) is 4.57 Å². The molecule has 0 aromatic rings. The Morgan fingerprint density at radius 1 is 0.767 bits per heavy atom. The highest BCUT2D eigenvalue weighted by atomic mass is 31.2. The summed E-state index contributed by atoms with van der Waals surface area (Å²) in [6.45, 7) is 4.69. The highest BCUT2D eigenvalue weighted by Crippen LogP contribution is 2.51. The monoisotopic (exact) mass is 446 g/mol. The Bertz CT molecular complexity index is 460. The van der Waals surface area contributed by atoms with Crippen molar-refractivity contribution in [1.82, 2.24) is 0 Å². The van der Waals surface area contributed by atoms with Crippen molar-refractivity contribution in [3.05, 3.63) is 12.2 Å². The molecule has 0 amide bonds. The molecular weight excluding hydrogens is 393 g/mol. The summed E-state index contributed by atoms with van der Waals surface area (Å²) in [4.78, 5) is 10.4. The fraction of sp³-hybridized carbons (Fsp3) is 0.920. The number of nitrogens with zero attached hydrogens (tertiary/aromatic N) is 1. The molecule has 180 valence electrons. The minimum atomic E-state index is -3.58. The Balaban J connectivity index is 3.64. The molecule has 0 heterocycles. The van der Waals surface area contributed by atoms with Crippen molar-refractivity contribution in [1.29, 1.82) is 0 Å². The van der Waals surface area contributed by atoms with E-state index in [1.807, 2.05) is 28.1 Å². The third kappa shape index (κ3) is 16.5. The Kier molecular flexibility index (Phi) is 18.3.